The molecule has 0 aromatic heterocycles. The Morgan fingerprint density at radius 1 is 1.12 bits per heavy atom. The largest absolute Gasteiger partial charge is 0.480 e. The lowest BCUT2D eigenvalue weighted by atomic mass is 10.1. The molecule has 6 nitrogen and oxygen atoms in total. The second kappa shape index (κ2) is 8.47. The SMILES string of the molecule is CC(NC(=O)C1CCCC1)C(=O)N[C@@H](Cc1ccccc1)C(=O)O. The van der Waals surface area contributed by atoms with E-state index in [2.05, 4.69) is 10.6 Å². The van der Waals surface area contributed by atoms with E-state index in [1.807, 2.05) is 30.3 Å². The molecule has 2 rings (SSSR count). The van der Waals surface area contributed by atoms with Crippen LogP contribution in [0.1, 0.15) is 38.2 Å². The Morgan fingerprint density at radius 3 is 2.33 bits per heavy atom. The Bertz CT molecular complexity index is 582. The van der Waals surface area contributed by atoms with Crippen molar-refractivity contribution in [3.05, 3.63) is 35.9 Å². The molecule has 1 aromatic rings. The number of carbonyl (C=O) groups is 3. The molecule has 1 unspecified atom stereocenters. The van der Waals surface area contributed by atoms with E-state index < -0.39 is 24.0 Å². The van der Waals surface area contributed by atoms with Crippen molar-refractivity contribution in [1.82, 2.24) is 10.6 Å². The fourth-order valence-corrected chi connectivity index (χ4v) is 2.93. The van der Waals surface area contributed by atoms with E-state index in [4.69, 9.17) is 0 Å². The number of amides is 2. The van der Waals surface area contributed by atoms with Crippen molar-refractivity contribution in [1.29, 1.82) is 0 Å². The van der Waals surface area contributed by atoms with Crippen LogP contribution in [0.5, 0.6) is 0 Å². The van der Waals surface area contributed by atoms with Crippen molar-refractivity contribution in [2.24, 2.45) is 5.92 Å². The van der Waals surface area contributed by atoms with Gasteiger partial charge in [-0.1, -0.05) is 43.2 Å². The van der Waals surface area contributed by atoms with Gasteiger partial charge in [0.1, 0.15) is 12.1 Å². The molecule has 1 aromatic carbocycles. The summed E-state index contributed by atoms with van der Waals surface area (Å²) in [7, 11) is 0. The normalized spacial score (nSPS) is 17.0. The molecule has 1 fully saturated rings. The summed E-state index contributed by atoms with van der Waals surface area (Å²) in [5, 5.41) is 14.5. The molecular weight excluding hydrogens is 308 g/mol. The lowest BCUT2D eigenvalue weighted by Crippen LogP contribution is -2.51. The van der Waals surface area contributed by atoms with Gasteiger partial charge in [0.2, 0.25) is 11.8 Å². The van der Waals surface area contributed by atoms with Crippen LogP contribution in [-0.2, 0) is 20.8 Å². The van der Waals surface area contributed by atoms with Crippen LogP contribution in [0.4, 0.5) is 0 Å². The Morgan fingerprint density at radius 2 is 1.75 bits per heavy atom. The maximum Gasteiger partial charge on any atom is 0.326 e. The first-order valence-corrected chi connectivity index (χ1v) is 8.35. The maximum absolute atomic E-state index is 12.2. The van der Waals surface area contributed by atoms with E-state index in [1.54, 1.807) is 6.92 Å². The molecule has 0 spiro atoms. The summed E-state index contributed by atoms with van der Waals surface area (Å²) in [6.45, 7) is 1.57. The van der Waals surface area contributed by atoms with Crippen LogP contribution >= 0.6 is 0 Å². The van der Waals surface area contributed by atoms with Crippen LogP contribution in [0.25, 0.3) is 0 Å². The second-order valence-electron chi connectivity index (χ2n) is 6.30. The molecule has 130 valence electrons. The standard InChI is InChI=1S/C18H24N2O4/c1-12(19-17(22)14-9-5-6-10-14)16(21)20-15(18(23)24)11-13-7-3-2-4-8-13/h2-4,7-8,12,14-15H,5-6,9-11H2,1H3,(H,19,22)(H,20,21)(H,23,24)/t12?,15-/m0/s1. The first kappa shape index (κ1) is 18.0. The molecule has 0 bridgehead atoms. The van der Waals surface area contributed by atoms with E-state index in [1.165, 1.54) is 0 Å². The van der Waals surface area contributed by atoms with Gasteiger partial charge in [0.15, 0.2) is 0 Å². The van der Waals surface area contributed by atoms with Gasteiger partial charge in [0.05, 0.1) is 0 Å². The molecule has 1 saturated carbocycles. The molecule has 3 N–H and O–H groups in total. The minimum absolute atomic E-state index is 0.0279. The molecule has 24 heavy (non-hydrogen) atoms. The predicted octanol–water partition coefficient (Wildman–Crippen LogP) is 1.49. The summed E-state index contributed by atoms with van der Waals surface area (Å²) in [6.07, 6.45) is 3.98. The van der Waals surface area contributed by atoms with Crippen LogP contribution in [0.2, 0.25) is 0 Å². The van der Waals surface area contributed by atoms with Gasteiger partial charge in [0.25, 0.3) is 0 Å². The number of hydrogen-bond donors (Lipinski definition) is 3. The number of aliphatic carboxylic acids is 1. The lowest BCUT2D eigenvalue weighted by Gasteiger charge is -2.20. The first-order chi connectivity index (χ1) is 11.5. The summed E-state index contributed by atoms with van der Waals surface area (Å²) in [5.74, 6) is -1.73. The number of carboxylic acid groups (broad SMARTS) is 1. The van der Waals surface area contributed by atoms with Crippen LogP contribution < -0.4 is 10.6 Å². The van der Waals surface area contributed by atoms with Gasteiger partial charge in [-0.15, -0.1) is 0 Å². The number of benzene rings is 1. The molecule has 0 aliphatic heterocycles. The monoisotopic (exact) mass is 332 g/mol. The number of hydrogen-bond acceptors (Lipinski definition) is 3. The van der Waals surface area contributed by atoms with Crippen LogP contribution in [-0.4, -0.2) is 35.0 Å². The number of nitrogens with one attached hydrogen (secondary N) is 2. The highest BCUT2D eigenvalue weighted by atomic mass is 16.4. The number of carbonyl (C=O) groups excluding carboxylic acids is 2. The summed E-state index contributed by atoms with van der Waals surface area (Å²) in [6, 6.07) is 7.33. The number of rotatable bonds is 7. The molecule has 1 aliphatic rings. The third kappa shape index (κ3) is 5.08. The minimum atomic E-state index is -1.10. The smallest absolute Gasteiger partial charge is 0.326 e. The molecule has 0 heterocycles. The van der Waals surface area contributed by atoms with E-state index in [0.717, 1.165) is 31.2 Å². The molecular formula is C18H24N2O4. The van der Waals surface area contributed by atoms with Crippen LogP contribution in [0, 0.1) is 5.92 Å². The van der Waals surface area contributed by atoms with Crippen molar-refractivity contribution < 1.29 is 19.5 Å². The third-order valence-electron chi connectivity index (χ3n) is 4.38. The summed E-state index contributed by atoms with van der Waals surface area (Å²) < 4.78 is 0. The first-order valence-electron chi connectivity index (χ1n) is 8.35. The van der Waals surface area contributed by atoms with Gasteiger partial charge in [-0.05, 0) is 25.3 Å². The highest BCUT2D eigenvalue weighted by Gasteiger charge is 2.27. The van der Waals surface area contributed by atoms with E-state index in [0.29, 0.717) is 0 Å². The minimum Gasteiger partial charge on any atom is -0.480 e. The van der Waals surface area contributed by atoms with Gasteiger partial charge in [-0.3, -0.25) is 9.59 Å². The van der Waals surface area contributed by atoms with E-state index in [9.17, 15) is 19.5 Å². The van der Waals surface area contributed by atoms with Gasteiger partial charge < -0.3 is 15.7 Å². The van der Waals surface area contributed by atoms with Crippen LogP contribution in [0.15, 0.2) is 30.3 Å². The van der Waals surface area contributed by atoms with E-state index in [-0.39, 0.29) is 18.2 Å². The van der Waals surface area contributed by atoms with Gasteiger partial charge >= 0.3 is 5.97 Å². The molecule has 2 atom stereocenters. The molecule has 6 heteroatoms. The highest BCUT2D eigenvalue weighted by molar-refractivity contribution is 5.90. The summed E-state index contributed by atoms with van der Waals surface area (Å²) in [5.41, 5.74) is 0.827. The Labute approximate surface area is 141 Å². The second-order valence-corrected chi connectivity index (χ2v) is 6.30. The van der Waals surface area contributed by atoms with Gasteiger partial charge in [0, 0.05) is 12.3 Å². The van der Waals surface area contributed by atoms with Crippen molar-refractivity contribution in [3.8, 4) is 0 Å². The third-order valence-corrected chi connectivity index (χ3v) is 4.38. The van der Waals surface area contributed by atoms with Crippen molar-refractivity contribution in [2.75, 3.05) is 0 Å². The Kier molecular flexibility index (Phi) is 6.35. The average Bonchev–Trinajstić information content (AvgIpc) is 3.09. The molecule has 0 saturated heterocycles. The summed E-state index contributed by atoms with van der Waals surface area (Å²) >= 11 is 0. The van der Waals surface area contributed by atoms with Crippen molar-refractivity contribution >= 4 is 17.8 Å². The average molecular weight is 332 g/mol. The topological polar surface area (TPSA) is 95.5 Å². The quantitative estimate of drug-likeness (QED) is 0.705. The fourth-order valence-electron chi connectivity index (χ4n) is 2.93. The summed E-state index contributed by atoms with van der Waals surface area (Å²) in [4.78, 5) is 35.7. The van der Waals surface area contributed by atoms with Crippen molar-refractivity contribution in [2.45, 2.75) is 51.1 Å². The van der Waals surface area contributed by atoms with Gasteiger partial charge in [-0.25, -0.2) is 4.79 Å². The lowest BCUT2D eigenvalue weighted by molar-refractivity contribution is -0.142. The zero-order valence-corrected chi connectivity index (χ0v) is 13.8. The predicted molar refractivity (Wildman–Crippen MR) is 89.3 cm³/mol. The molecule has 1 aliphatic carbocycles. The molecule has 2 amide bonds. The fraction of sp³-hybridized carbons (Fsp3) is 0.500. The zero-order valence-electron chi connectivity index (χ0n) is 13.8. The Hall–Kier alpha value is -2.37. The van der Waals surface area contributed by atoms with Crippen LogP contribution in [0.3, 0.4) is 0 Å². The van der Waals surface area contributed by atoms with Crippen molar-refractivity contribution in [3.63, 3.8) is 0 Å². The Balaban J connectivity index is 1.89. The maximum atomic E-state index is 12.2. The highest BCUT2D eigenvalue weighted by Crippen LogP contribution is 2.24. The number of carboxylic acids is 1. The van der Waals surface area contributed by atoms with Gasteiger partial charge in [-0.2, -0.15) is 0 Å². The zero-order chi connectivity index (χ0) is 17.5. The van der Waals surface area contributed by atoms with E-state index >= 15 is 0 Å². The molecule has 0 radical (unpaired) electrons.